The molecule has 0 unspecified atom stereocenters. The third kappa shape index (κ3) is 4.40. The van der Waals surface area contributed by atoms with Crippen molar-refractivity contribution in [2.75, 3.05) is 5.32 Å². The molecule has 0 fully saturated rings. The van der Waals surface area contributed by atoms with E-state index in [1.54, 1.807) is 11.1 Å². The summed E-state index contributed by atoms with van der Waals surface area (Å²) in [7, 11) is 0. The Morgan fingerprint density at radius 1 is 0.957 bits per heavy atom. The summed E-state index contributed by atoms with van der Waals surface area (Å²) in [6.45, 7) is 1.10. The Balaban J connectivity index is 1.76. The number of carbonyl (C=O) groups excluding carboxylic acids is 1. The van der Waals surface area contributed by atoms with E-state index in [9.17, 15) is 4.79 Å². The molecule has 5 heteroatoms. The third-order valence-corrected chi connectivity index (χ3v) is 4.05. The van der Waals surface area contributed by atoms with Crippen LogP contribution < -0.4 is 5.32 Å². The Morgan fingerprint density at radius 2 is 1.52 bits per heavy atom. The summed E-state index contributed by atoms with van der Waals surface area (Å²) in [5, 5.41) is 5.31. The second-order valence-corrected chi connectivity index (χ2v) is 5.99. The van der Waals surface area contributed by atoms with Gasteiger partial charge in [0.1, 0.15) is 0 Å². The molecule has 23 heavy (non-hydrogen) atoms. The van der Waals surface area contributed by atoms with Crippen LogP contribution in [0.15, 0.2) is 72.2 Å². The van der Waals surface area contributed by atoms with Crippen LogP contribution >= 0.6 is 11.3 Å². The summed E-state index contributed by atoms with van der Waals surface area (Å²) < 4.78 is 0. The lowest BCUT2D eigenvalue weighted by atomic mass is 10.2. The molecule has 1 N–H and O–H groups in total. The zero-order chi connectivity index (χ0) is 15.9. The van der Waals surface area contributed by atoms with Crippen LogP contribution in [-0.2, 0) is 13.1 Å². The number of hydrogen-bond acceptors (Lipinski definition) is 3. The van der Waals surface area contributed by atoms with Crippen LogP contribution in [0, 0.1) is 0 Å². The Labute approximate surface area is 139 Å². The molecule has 2 amide bonds. The van der Waals surface area contributed by atoms with Gasteiger partial charge in [0.2, 0.25) is 0 Å². The lowest BCUT2D eigenvalue weighted by Gasteiger charge is -2.23. The van der Waals surface area contributed by atoms with Gasteiger partial charge in [0.05, 0.1) is 0 Å². The van der Waals surface area contributed by atoms with Crippen molar-refractivity contribution >= 4 is 22.5 Å². The van der Waals surface area contributed by atoms with Gasteiger partial charge in [-0.25, -0.2) is 9.78 Å². The molecule has 3 aromatic rings. The van der Waals surface area contributed by atoms with Crippen LogP contribution in [0.5, 0.6) is 0 Å². The summed E-state index contributed by atoms with van der Waals surface area (Å²) >= 11 is 1.41. The van der Waals surface area contributed by atoms with Crippen LogP contribution in [-0.4, -0.2) is 15.9 Å². The van der Waals surface area contributed by atoms with Crippen molar-refractivity contribution in [3.05, 3.63) is 83.4 Å². The Morgan fingerprint density at radius 3 is 2.00 bits per heavy atom. The van der Waals surface area contributed by atoms with Crippen molar-refractivity contribution in [1.29, 1.82) is 0 Å². The van der Waals surface area contributed by atoms with Gasteiger partial charge < -0.3 is 4.90 Å². The summed E-state index contributed by atoms with van der Waals surface area (Å²) in [5.74, 6) is 0. The molecule has 0 saturated heterocycles. The van der Waals surface area contributed by atoms with Crippen LogP contribution in [0.25, 0.3) is 0 Å². The second kappa shape index (κ2) is 7.56. The smallest absolute Gasteiger partial charge is 0.316 e. The first-order chi connectivity index (χ1) is 11.3. The first kappa shape index (κ1) is 15.2. The number of anilines is 1. The van der Waals surface area contributed by atoms with Crippen molar-refractivity contribution in [2.24, 2.45) is 0 Å². The lowest BCUT2D eigenvalue weighted by molar-refractivity contribution is 0.206. The summed E-state index contributed by atoms with van der Waals surface area (Å²) in [5.41, 5.74) is 2.19. The van der Waals surface area contributed by atoms with E-state index >= 15 is 0 Å². The molecule has 1 aromatic heterocycles. The molecule has 1 heterocycles. The van der Waals surface area contributed by atoms with E-state index in [0.29, 0.717) is 18.2 Å². The van der Waals surface area contributed by atoms with Gasteiger partial charge in [0, 0.05) is 24.7 Å². The van der Waals surface area contributed by atoms with Crippen LogP contribution in [0.3, 0.4) is 0 Å². The highest BCUT2D eigenvalue weighted by molar-refractivity contribution is 7.13. The number of nitrogens with one attached hydrogen (secondary N) is 1. The summed E-state index contributed by atoms with van der Waals surface area (Å²) in [4.78, 5) is 18.5. The van der Waals surface area contributed by atoms with Gasteiger partial charge in [-0.1, -0.05) is 60.7 Å². The van der Waals surface area contributed by atoms with E-state index in [2.05, 4.69) is 10.3 Å². The van der Waals surface area contributed by atoms with Gasteiger partial charge >= 0.3 is 6.03 Å². The fourth-order valence-corrected chi connectivity index (χ4v) is 2.78. The van der Waals surface area contributed by atoms with Gasteiger partial charge in [-0.3, -0.25) is 5.32 Å². The maximum atomic E-state index is 12.6. The largest absolute Gasteiger partial charge is 0.324 e. The van der Waals surface area contributed by atoms with Crippen molar-refractivity contribution in [1.82, 2.24) is 9.88 Å². The Hall–Kier alpha value is -2.66. The first-order valence-electron chi connectivity index (χ1n) is 7.34. The number of benzene rings is 2. The van der Waals surface area contributed by atoms with E-state index in [-0.39, 0.29) is 6.03 Å². The minimum atomic E-state index is -0.146. The van der Waals surface area contributed by atoms with E-state index in [1.165, 1.54) is 11.3 Å². The third-order valence-electron chi connectivity index (χ3n) is 3.37. The lowest BCUT2D eigenvalue weighted by Crippen LogP contribution is -2.34. The monoisotopic (exact) mass is 323 g/mol. The molecule has 0 bridgehead atoms. The van der Waals surface area contributed by atoms with Crippen molar-refractivity contribution in [3.8, 4) is 0 Å². The fourth-order valence-electron chi connectivity index (χ4n) is 2.26. The predicted octanol–water partition coefficient (Wildman–Crippen LogP) is 4.38. The molecule has 4 nitrogen and oxygen atoms in total. The highest BCUT2D eigenvalue weighted by Gasteiger charge is 2.15. The molecule has 0 saturated carbocycles. The Bertz CT molecular complexity index is 688. The van der Waals surface area contributed by atoms with E-state index in [4.69, 9.17) is 0 Å². The molecule has 3 rings (SSSR count). The molecule has 0 spiro atoms. The molecule has 2 aromatic carbocycles. The van der Waals surface area contributed by atoms with Crippen molar-refractivity contribution in [2.45, 2.75) is 13.1 Å². The number of thiazole rings is 1. The van der Waals surface area contributed by atoms with Gasteiger partial charge in [-0.15, -0.1) is 11.3 Å². The van der Waals surface area contributed by atoms with Gasteiger partial charge in [0.15, 0.2) is 5.13 Å². The van der Waals surface area contributed by atoms with Crippen LogP contribution in [0.2, 0.25) is 0 Å². The normalized spacial score (nSPS) is 10.3. The average Bonchev–Trinajstić information content (AvgIpc) is 3.09. The zero-order valence-electron chi connectivity index (χ0n) is 12.6. The number of amides is 2. The minimum absolute atomic E-state index is 0.146. The molecule has 0 aliphatic carbocycles. The minimum Gasteiger partial charge on any atom is -0.316 e. The van der Waals surface area contributed by atoms with Crippen molar-refractivity contribution < 1.29 is 4.79 Å². The predicted molar refractivity (Wildman–Crippen MR) is 93.3 cm³/mol. The number of aromatic nitrogens is 1. The standard InChI is InChI=1S/C18H17N3OS/c22-18(20-17-19-11-12-23-17)21(13-15-7-3-1-4-8-15)14-16-9-5-2-6-10-16/h1-12H,13-14H2,(H,19,20,22). The van der Waals surface area contributed by atoms with E-state index in [0.717, 1.165) is 11.1 Å². The topological polar surface area (TPSA) is 45.2 Å². The Kier molecular flexibility index (Phi) is 5.01. The van der Waals surface area contributed by atoms with Gasteiger partial charge in [-0.05, 0) is 11.1 Å². The zero-order valence-corrected chi connectivity index (χ0v) is 13.4. The maximum absolute atomic E-state index is 12.6. The fraction of sp³-hybridized carbons (Fsp3) is 0.111. The molecular formula is C18H17N3OS. The maximum Gasteiger partial charge on any atom is 0.324 e. The molecule has 0 aliphatic heterocycles. The average molecular weight is 323 g/mol. The molecule has 0 atom stereocenters. The molecular weight excluding hydrogens is 306 g/mol. The number of nitrogens with zero attached hydrogens (tertiary/aromatic N) is 2. The quantitative estimate of drug-likeness (QED) is 0.757. The first-order valence-corrected chi connectivity index (χ1v) is 8.22. The van der Waals surface area contributed by atoms with E-state index in [1.807, 2.05) is 66.0 Å². The molecule has 116 valence electrons. The van der Waals surface area contributed by atoms with Crippen LogP contribution in [0.4, 0.5) is 9.93 Å². The molecule has 0 radical (unpaired) electrons. The van der Waals surface area contributed by atoms with E-state index < -0.39 is 0 Å². The molecule has 0 aliphatic rings. The summed E-state index contributed by atoms with van der Waals surface area (Å²) in [6, 6.07) is 19.8. The second-order valence-electron chi connectivity index (χ2n) is 5.09. The highest BCUT2D eigenvalue weighted by Crippen LogP contribution is 2.15. The number of hydrogen-bond donors (Lipinski definition) is 1. The van der Waals surface area contributed by atoms with Crippen LogP contribution in [0.1, 0.15) is 11.1 Å². The van der Waals surface area contributed by atoms with Crippen molar-refractivity contribution in [3.63, 3.8) is 0 Å². The van der Waals surface area contributed by atoms with Gasteiger partial charge in [-0.2, -0.15) is 0 Å². The highest BCUT2D eigenvalue weighted by atomic mass is 32.1. The number of rotatable bonds is 5. The number of carbonyl (C=O) groups is 1. The van der Waals surface area contributed by atoms with Gasteiger partial charge in [0.25, 0.3) is 0 Å². The number of urea groups is 1. The summed E-state index contributed by atoms with van der Waals surface area (Å²) in [6.07, 6.45) is 1.68. The SMILES string of the molecule is O=C(Nc1nccs1)N(Cc1ccccc1)Cc1ccccc1.